The zero-order chi connectivity index (χ0) is 16.9. The number of carbonyl (C=O) groups is 1. The first-order valence-corrected chi connectivity index (χ1v) is 10.2. The Morgan fingerprint density at radius 3 is 2.62 bits per heavy atom. The van der Waals surface area contributed by atoms with Crippen molar-refractivity contribution >= 4 is 62.0 Å². The van der Waals surface area contributed by atoms with Crippen molar-refractivity contribution < 1.29 is 9.90 Å². The van der Waals surface area contributed by atoms with E-state index in [-0.39, 0.29) is 5.75 Å². The van der Waals surface area contributed by atoms with Crippen molar-refractivity contribution in [1.29, 1.82) is 0 Å². The van der Waals surface area contributed by atoms with Gasteiger partial charge in [0.25, 0.3) is 0 Å². The number of carboxylic acids is 1. The Morgan fingerprint density at radius 2 is 1.96 bits per heavy atom. The summed E-state index contributed by atoms with van der Waals surface area (Å²) in [5.41, 5.74) is 1.95. The Bertz CT molecular complexity index is 852. The van der Waals surface area contributed by atoms with Gasteiger partial charge in [0.05, 0.1) is 16.2 Å². The molecule has 0 aliphatic heterocycles. The first-order valence-electron chi connectivity index (χ1n) is 7.20. The highest BCUT2D eigenvalue weighted by molar-refractivity contribution is 8.09. The van der Waals surface area contributed by atoms with Gasteiger partial charge in [0.15, 0.2) is 0 Å². The van der Waals surface area contributed by atoms with Gasteiger partial charge in [-0.1, -0.05) is 24.3 Å². The first kappa shape index (κ1) is 17.1. The molecule has 0 spiro atoms. The lowest BCUT2D eigenvalue weighted by Gasteiger charge is -2.06. The van der Waals surface area contributed by atoms with Crippen molar-refractivity contribution in [3.05, 3.63) is 59.1 Å². The fourth-order valence-corrected chi connectivity index (χ4v) is 4.38. The number of thiazole rings is 1. The third-order valence-corrected chi connectivity index (χ3v) is 6.21. The standard InChI is InChI=1S/C18H15NO2S3/c1-22-13-8-6-12(7-9-13)10-16(23-11-17(20)21)18-19-14-4-2-3-5-15(14)24-18/h2-10H,11H2,1H3,(H,20,21)/p-1/b16-10-. The van der Waals surface area contributed by atoms with E-state index in [9.17, 15) is 9.90 Å². The van der Waals surface area contributed by atoms with E-state index < -0.39 is 5.97 Å². The molecule has 0 unspecified atom stereocenters. The maximum atomic E-state index is 10.9. The van der Waals surface area contributed by atoms with Crippen LogP contribution in [-0.4, -0.2) is 23.0 Å². The SMILES string of the molecule is CSc1ccc(/C=C(\SCC(=O)[O-])c2nc3ccccc3s2)cc1. The third-order valence-electron chi connectivity index (χ3n) is 3.26. The number of carboxylic acid groups (broad SMARTS) is 1. The maximum absolute atomic E-state index is 10.9. The average molecular weight is 373 g/mol. The van der Waals surface area contributed by atoms with E-state index >= 15 is 0 Å². The van der Waals surface area contributed by atoms with Crippen molar-refractivity contribution in [1.82, 2.24) is 4.98 Å². The second-order valence-corrected chi connectivity index (χ2v) is 7.86. The Balaban J connectivity index is 1.97. The highest BCUT2D eigenvalue weighted by atomic mass is 32.2. The molecule has 1 heterocycles. The molecule has 1 aromatic heterocycles. The van der Waals surface area contributed by atoms with Crippen LogP contribution in [-0.2, 0) is 4.79 Å². The van der Waals surface area contributed by atoms with Crippen LogP contribution in [0.3, 0.4) is 0 Å². The highest BCUT2D eigenvalue weighted by Gasteiger charge is 2.10. The number of aromatic nitrogens is 1. The van der Waals surface area contributed by atoms with E-state index in [0.717, 1.165) is 25.7 Å². The fraction of sp³-hybridized carbons (Fsp3) is 0.111. The molecule has 3 aromatic rings. The molecule has 0 radical (unpaired) electrons. The number of hydrogen-bond donors (Lipinski definition) is 0. The normalized spacial score (nSPS) is 11.8. The molecule has 0 amide bonds. The van der Waals surface area contributed by atoms with Crippen LogP contribution in [0.25, 0.3) is 21.2 Å². The Hall–Kier alpha value is -1.76. The van der Waals surface area contributed by atoms with Crippen LogP contribution in [0.5, 0.6) is 0 Å². The second-order valence-electron chi connectivity index (χ2n) is 4.93. The molecule has 3 rings (SSSR count). The fourth-order valence-electron chi connectivity index (χ4n) is 2.13. The number of rotatable bonds is 6. The molecular formula is C18H14NO2S3-. The van der Waals surface area contributed by atoms with Gasteiger partial charge in [-0.15, -0.1) is 34.9 Å². The van der Waals surface area contributed by atoms with E-state index in [4.69, 9.17) is 0 Å². The summed E-state index contributed by atoms with van der Waals surface area (Å²) in [7, 11) is 0. The molecule has 0 N–H and O–H groups in total. The predicted molar refractivity (Wildman–Crippen MR) is 103 cm³/mol. The van der Waals surface area contributed by atoms with Crippen LogP contribution in [0.1, 0.15) is 10.6 Å². The van der Waals surface area contributed by atoms with Gasteiger partial charge in [0.1, 0.15) is 5.01 Å². The summed E-state index contributed by atoms with van der Waals surface area (Å²) < 4.78 is 1.09. The van der Waals surface area contributed by atoms with Crippen molar-refractivity contribution in [2.75, 3.05) is 12.0 Å². The molecule has 0 atom stereocenters. The Labute approximate surface area is 152 Å². The summed E-state index contributed by atoms with van der Waals surface area (Å²) in [5, 5.41) is 11.7. The highest BCUT2D eigenvalue weighted by Crippen LogP contribution is 2.35. The summed E-state index contributed by atoms with van der Waals surface area (Å²) in [6, 6.07) is 16.1. The van der Waals surface area contributed by atoms with Gasteiger partial charge in [-0.25, -0.2) is 4.98 Å². The lowest BCUT2D eigenvalue weighted by Crippen LogP contribution is -2.24. The van der Waals surface area contributed by atoms with Gasteiger partial charge in [0.2, 0.25) is 0 Å². The van der Waals surface area contributed by atoms with E-state index in [0.29, 0.717) is 0 Å². The number of nitrogens with zero attached hydrogens (tertiary/aromatic N) is 1. The van der Waals surface area contributed by atoms with E-state index in [1.165, 1.54) is 16.7 Å². The van der Waals surface area contributed by atoms with Gasteiger partial charge >= 0.3 is 0 Å². The summed E-state index contributed by atoms with van der Waals surface area (Å²) in [5.74, 6) is -1.17. The molecule has 24 heavy (non-hydrogen) atoms. The number of carbonyl (C=O) groups excluding carboxylic acids is 1. The number of hydrogen-bond acceptors (Lipinski definition) is 6. The summed E-state index contributed by atoms with van der Waals surface area (Å²) >= 11 is 4.50. The lowest BCUT2D eigenvalue weighted by molar-refractivity contribution is -0.301. The minimum absolute atomic E-state index is 0.0926. The molecule has 0 saturated carbocycles. The predicted octanol–water partition coefficient (Wildman–Crippen LogP) is 4.00. The lowest BCUT2D eigenvalue weighted by atomic mass is 10.2. The van der Waals surface area contributed by atoms with Crippen molar-refractivity contribution in [3.8, 4) is 0 Å². The monoisotopic (exact) mass is 372 g/mol. The molecule has 0 bridgehead atoms. The van der Waals surface area contributed by atoms with Gasteiger partial charge in [-0.3, -0.25) is 0 Å². The smallest absolute Gasteiger partial charge is 0.131 e. The number of benzene rings is 2. The minimum Gasteiger partial charge on any atom is -0.549 e. The Morgan fingerprint density at radius 1 is 1.21 bits per heavy atom. The summed E-state index contributed by atoms with van der Waals surface area (Å²) in [6.07, 6.45) is 4.02. The van der Waals surface area contributed by atoms with Crippen LogP contribution >= 0.6 is 34.9 Å². The van der Waals surface area contributed by atoms with Gasteiger partial charge in [-0.05, 0) is 42.2 Å². The average Bonchev–Trinajstić information content (AvgIpc) is 3.03. The largest absolute Gasteiger partial charge is 0.549 e. The van der Waals surface area contributed by atoms with Crippen molar-refractivity contribution in [3.63, 3.8) is 0 Å². The first-order chi connectivity index (χ1) is 11.7. The second kappa shape index (κ2) is 7.88. The van der Waals surface area contributed by atoms with Crippen LogP contribution in [0.15, 0.2) is 53.4 Å². The van der Waals surface area contributed by atoms with Gasteiger partial charge < -0.3 is 9.90 Å². The van der Waals surface area contributed by atoms with E-state index in [1.54, 1.807) is 23.1 Å². The van der Waals surface area contributed by atoms with Crippen LogP contribution in [0.4, 0.5) is 0 Å². The number of fused-ring (bicyclic) bond motifs is 1. The summed E-state index contributed by atoms with van der Waals surface area (Å²) in [4.78, 5) is 17.5. The van der Waals surface area contributed by atoms with Gasteiger partial charge in [-0.2, -0.15) is 0 Å². The molecule has 0 aliphatic carbocycles. The topological polar surface area (TPSA) is 53.0 Å². The molecule has 3 nitrogen and oxygen atoms in total. The zero-order valence-electron chi connectivity index (χ0n) is 12.9. The molecule has 6 heteroatoms. The molecule has 0 saturated heterocycles. The van der Waals surface area contributed by atoms with Crippen molar-refractivity contribution in [2.24, 2.45) is 0 Å². The Kier molecular flexibility index (Phi) is 5.60. The molecule has 122 valence electrons. The molecule has 2 aromatic carbocycles. The van der Waals surface area contributed by atoms with E-state index in [1.807, 2.05) is 48.7 Å². The van der Waals surface area contributed by atoms with E-state index in [2.05, 4.69) is 17.1 Å². The quantitative estimate of drug-likeness (QED) is 0.612. The van der Waals surface area contributed by atoms with Gasteiger partial charge in [0, 0.05) is 15.6 Å². The molecular weight excluding hydrogens is 358 g/mol. The van der Waals surface area contributed by atoms with Crippen LogP contribution < -0.4 is 5.11 Å². The number of aliphatic carboxylic acids is 1. The molecule has 0 aliphatic rings. The number of thioether (sulfide) groups is 2. The van der Waals surface area contributed by atoms with Crippen LogP contribution in [0, 0.1) is 0 Å². The minimum atomic E-state index is -1.08. The van der Waals surface area contributed by atoms with Crippen LogP contribution in [0.2, 0.25) is 0 Å². The third kappa shape index (κ3) is 4.20. The molecule has 0 fully saturated rings. The number of para-hydroxylation sites is 1. The van der Waals surface area contributed by atoms with Crippen molar-refractivity contribution in [2.45, 2.75) is 4.90 Å². The zero-order valence-corrected chi connectivity index (χ0v) is 15.3. The maximum Gasteiger partial charge on any atom is 0.131 e. The summed E-state index contributed by atoms with van der Waals surface area (Å²) in [6.45, 7) is 0.